The third-order valence-corrected chi connectivity index (χ3v) is 3.10. The molecular formula is C16H13ClO4. The van der Waals surface area contributed by atoms with Gasteiger partial charge in [0, 0.05) is 0 Å². The molecule has 0 saturated heterocycles. The first-order valence-electron chi connectivity index (χ1n) is 6.28. The summed E-state index contributed by atoms with van der Waals surface area (Å²) in [5.74, 6) is -0.575. The van der Waals surface area contributed by atoms with Crippen molar-refractivity contribution in [3.05, 3.63) is 59.1 Å². The van der Waals surface area contributed by atoms with Gasteiger partial charge in [-0.3, -0.25) is 9.59 Å². The normalized spacial score (nSPS) is 10.1. The van der Waals surface area contributed by atoms with Gasteiger partial charge >= 0.3 is 0 Å². The molecule has 0 bridgehead atoms. The van der Waals surface area contributed by atoms with Crippen LogP contribution in [-0.4, -0.2) is 23.3 Å². The standard InChI is InChI=1S/C16H13ClO4/c17-13-6-2-4-8-16(13)21-10-11(18)9-15(20)12-5-1-3-7-14(12)19/h1-8,19H,9-10H2. The minimum absolute atomic E-state index is 0.128. The zero-order valence-corrected chi connectivity index (χ0v) is 11.8. The number of phenols is 1. The highest BCUT2D eigenvalue weighted by Gasteiger charge is 2.15. The van der Waals surface area contributed by atoms with Gasteiger partial charge in [0.05, 0.1) is 17.0 Å². The van der Waals surface area contributed by atoms with Crippen LogP contribution in [0.15, 0.2) is 48.5 Å². The van der Waals surface area contributed by atoms with Gasteiger partial charge in [-0.15, -0.1) is 0 Å². The Balaban J connectivity index is 1.92. The number of carbonyl (C=O) groups is 2. The summed E-state index contributed by atoms with van der Waals surface area (Å²) in [5, 5.41) is 9.96. The number of Topliss-reactive ketones (excluding diaryl/α,β-unsaturated/α-hetero) is 2. The number of rotatable bonds is 6. The molecule has 0 aromatic heterocycles. The van der Waals surface area contributed by atoms with E-state index in [2.05, 4.69) is 0 Å². The molecule has 0 saturated carbocycles. The number of phenolic OH excluding ortho intramolecular Hbond substituents is 1. The second kappa shape index (κ2) is 6.90. The third kappa shape index (κ3) is 4.07. The van der Waals surface area contributed by atoms with Gasteiger partial charge in [0.25, 0.3) is 0 Å². The first-order valence-corrected chi connectivity index (χ1v) is 6.66. The average molecular weight is 305 g/mol. The van der Waals surface area contributed by atoms with Crippen LogP contribution in [0.2, 0.25) is 5.02 Å². The smallest absolute Gasteiger partial charge is 0.177 e. The molecule has 5 heteroatoms. The molecule has 21 heavy (non-hydrogen) atoms. The average Bonchev–Trinajstić information content (AvgIpc) is 2.46. The van der Waals surface area contributed by atoms with Crippen molar-refractivity contribution in [3.8, 4) is 11.5 Å². The summed E-state index contributed by atoms with van der Waals surface area (Å²) in [4.78, 5) is 23.6. The molecule has 1 N–H and O–H groups in total. The molecule has 0 aliphatic heterocycles. The largest absolute Gasteiger partial charge is 0.507 e. The molecule has 2 aromatic rings. The van der Waals surface area contributed by atoms with Crippen LogP contribution >= 0.6 is 11.6 Å². The van der Waals surface area contributed by atoms with E-state index in [1.165, 1.54) is 12.1 Å². The molecule has 0 aliphatic rings. The highest BCUT2D eigenvalue weighted by Crippen LogP contribution is 2.23. The molecular weight excluding hydrogens is 292 g/mol. The number of ketones is 2. The Morgan fingerprint density at radius 2 is 1.71 bits per heavy atom. The van der Waals surface area contributed by atoms with Gasteiger partial charge in [-0.2, -0.15) is 0 Å². The molecule has 0 heterocycles. The zero-order valence-electron chi connectivity index (χ0n) is 11.1. The number of carbonyl (C=O) groups excluding carboxylic acids is 2. The SMILES string of the molecule is O=C(COc1ccccc1Cl)CC(=O)c1ccccc1O. The van der Waals surface area contributed by atoms with E-state index in [1.807, 2.05) is 0 Å². The van der Waals surface area contributed by atoms with Crippen molar-refractivity contribution in [3.63, 3.8) is 0 Å². The molecule has 108 valence electrons. The van der Waals surface area contributed by atoms with Gasteiger partial charge in [-0.05, 0) is 24.3 Å². The maximum atomic E-state index is 11.9. The van der Waals surface area contributed by atoms with E-state index in [0.29, 0.717) is 10.8 Å². The van der Waals surface area contributed by atoms with Crippen LogP contribution < -0.4 is 4.74 Å². The topological polar surface area (TPSA) is 63.6 Å². The van der Waals surface area contributed by atoms with E-state index in [-0.39, 0.29) is 30.1 Å². The molecule has 0 radical (unpaired) electrons. The Morgan fingerprint density at radius 1 is 1.05 bits per heavy atom. The second-order valence-corrected chi connectivity index (χ2v) is 4.78. The lowest BCUT2D eigenvalue weighted by atomic mass is 10.1. The van der Waals surface area contributed by atoms with Crippen molar-refractivity contribution < 1.29 is 19.4 Å². The fourth-order valence-corrected chi connectivity index (χ4v) is 1.95. The molecule has 0 spiro atoms. The lowest BCUT2D eigenvalue weighted by molar-refractivity contribution is -0.120. The van der Waals surface area contributed by atoms with Crippen LogP contribution in [-0.2, 0) is 4.79 Å². The number of hydrogen-bond donors (Lipinski definition) is 1. The van der Waals surface area contributed by atoms with Crippen LogP contribution in [0.5, 0.6) is 11.5 Å². The molecule has 0 aliphatic carbocycles. The van der Waals surface area contributed by atoms with Crippen LogP contribution in [0.3, 0.4) is 0 Å². The van der Waals surface area contributed by atoms with E-state index in [4.69, 9.17) is 16.3 Å². The Labute approximate surface area is 126 Å². The van der Waals surface area contributed by atoms with Gasteiger partial charge in [-0.25, -0.2) is 0 Å². The van der Waals surface area contributed by atoms with Crippen molar-refractivity contribution in [2.24, 2.45) is 0 Å². The van der Waals surface area contributed by atoms with Crippen molar-refractivity contribution in [1.82, 2.24) is 0 Å². The van der Waals surface area contributed by atoms with Crippen LogP contribution in [0.1, 0.15) is 16.8 Å². The van der Waals surface area contributed by atoms with Crippen molar-refractivity contribution in [2.75, 3.05) is 6.61 Å². The summed E-state index contributed by atoms with van der Waals surface area (Å²) in [6, 6.07) is 12.9. The first-order chi connectivity index (χ1) is 10.1. The van der Waals surface area contributed by atoms with Crippen molar-refractivity contribution in [2.45, 2.75) is 6.42 Å². The number of aromatic hydroxyl groups is 1. The summed E-state index contributed by atoms with van der Waals surface area (Å²) in [6.07, 6.45) is -0.331. The number of hydrogen-bond acceptors (Lipinski definition) is 4. The Bertz CT molecular complexity index is 667. The van der Waals surface area contributed by atoms with Gasteiger partial charge in [0.15, 0.2) is 11.6 Å². The number of ether oxygens (including phenoxy) is 1. The van der Waals surface area contributed by atoms with E-state index in [9.17, 15) is 14.7 Å². The van der Waals surface area contributed by atoms with Crippen LogP contribution in [0.4, 0.5) is 0 Å². The maximum absolute atomic E-state index is 11.9. The molecule has 0 amide bonds. The van der Waals surface area contributed by atoms with Crippen molar-refractivity contribution >= 4 is 23.2 Å². The van der Waals surface area contributed by atoms with E-state index < -0.39 is 5.78 Å². The summed E-state index contributed by atoms with van der Waals surface area (Å²) < 4.78 is 5.27. The van der Waals surface area contributed by atoms with E-state index in [0.717, 1.165) is 0 Å². The fraction of sp³-hybridized carbons (Fsp3) is 0.125. The summed E-state index contributed by atoms with van der Waals surface area (Å²) in [6.45, 7) is -0.247. The number of halogens is 1. The molecule has 2 rings (SSSR count). The Morgan fingerprint density at radius 3 is 2.43 bits per heavy atom. The van der Waals surface area contributed by atoms with Crippen LogP contribution in [0.25, 0.3) is 0 Å². The predicted octanol–water partition coefficient (Wildman–Crippen LogP) is 3.27. The Hall–Kier alpha value is -2.33. The van der Waals surface area contributed by atoms with Gasteiger partial charge < -0.3 is 9.84 Å². The molecule has 2 aromatic carbocycles. The third-order valence-electron chi connectivity index (χ3n) is 2.79. The monoisotopic (exact) mass is 304 g/mol. The molecule has 0 atom stereocenters. The summed E-state index contributed by atoms with van der Waals surface area (Å²) in [7, 11) is 0. The van der Waals surface area contributed by atoms with Gasteiger partial charge in [0.1, 0.15) is 18.1 Å². The van der Waals surface area contributed by atoms with Gasteiger partial charge in [-0.1, -0.05) is 35.9 Å². The lowest BCUT2D eigenvalue weighted by Gasteiger charge is -2.07. The second-order valence-electron chi connectivity index (χ2n) is 4.37. The fourth-order valence-electron chi connectivity index (χ4n) is 1.75. The van der Waals surface area contributed by atoms with Crippen molar-refractivity contribution in [1.29, 1.82) is 0 Å². The number of para-hydroxylation sites is 2. The first kappa shape index (κ1) is 15.1. The molecule has 0 fully saturated rings. The highest BCUT2D eigenvalue weighted by atomic mass is 35.5. The minimum atomic E-state index is -0.444. The zero-order chi connectivity index (χ0) is 15.2. The minimum Gasteiger partial charge on any atom is -0.507 e. The molecule has 0 unspecified atom stereocenters. The lowest BCUT2D eigenvalue weighted by Crippen LogP contribution is -2.16. The molecule has 4 nitrogen and oxygen atoms in total. The quantitative estimate of drug-likeness (QED) is 0.657. The highest BCUT2D eigenvalue weighted by molar-refractivity contribution is 6.32. The van der Waals surface area contributed by atoms with E-state index >= 15 is 0 Å². The van der Waals surface area contributed by atoms with Gasteiger partial charge in [0.2, 0.25) is 0 Å². The Kier molecular flexibility index (Phi) is 4.95. The maximum Gasteiger partial charge on any atom is 0.177 e. The summed E-state index contributed by atoms with van der Waals surface area (Å²) >= 11 is 5.89. The summed E-state index contributed by atoms with van der Waals surface area (Å²) in [5.41, 5.74) is 0.128. The van der Waals surface area contributed by atoms with E-state index in [1.54, 1.807) is 36.4 Å². The van der Waals surface area contributed by atoms with Crippen LogP contribution in [0, 0.1) is 0 Å². The predicted molar refractivity (Wildman–Crippen MR) is 79.0 cm³/mol. The number of benzene rings is 2.